The molecule has 134 valence electrons. The van der Waals surface area contributed by atoms with E-state index in [0.29, 0.717) is 11.4 Å². The van der Waals surface area contributed by atoms with E-state index in [1.54, 1.807) is 38.5 Å². The number of hydrogen-bond acceptors (Lipinski definition) is 3. The summed E-state index contributed by atoms with van der Waals surface area (Å²) in [5, 5.41) is 8.52. The number of anilines is 2. The maximum absolute atomic E-state index is 10.4. The van der Waals surface area contributed by atoms with Gasteiger partial charge in [0, 0.05) is 11.4 Å². The van der Waals surface area contributed by atoms with Gasteiger partial charge in [-0.3, -0.25) is 0 Å². The van der Waals surface area contributed by atoms with Crippen molar-refractivity contribution >= 4 is 17.3 Å². The van der Waals surface area contributed by atoms with Gasteiger partial charge in [-0.15, -0.1) is 0 Å². The first-order valence-corrected chi connectivity index (χ1v) is 9.89. The minimum atomic E-state index is -1.02. The maximum atomic E-state index is 10.4. The van der Waals surface area contributed by atoms with Gasteiger partial charge in [-0.2, -0.15) is 0 Å². The van der Waals surface area contributed by atoms with E-state index in [1.807, 2.05) is 0 Å². The average molecular weight is 340 g/mol. The average Bonchev–Trinajstić information content (AvgIpc) is 2.58. The van der Waals surface area contributed by atoms with E-state index in [4.69, 9.17) is 16.6 Å². The predicted octanol–water partition coefficient (Wildman–Crippen LogP) is 3.87. The summed E-state index contributed by atoms with van der Waals surface area (Å²) in [5.41, 5.74) is 11.5. The lowest BCUT2D eigenvalue weighted by Crippen LogP contribution is -2.62. The maximum Gasteiger partial charge on any atom is 0.335 e. The molecule has 7 aliphatic carbocycles. The minimum Gasteiger partial charge on any atom is -0.478 e. The molecule has 8 rings (SSSR count). The monoisotopic (exact) mass is 340 g/mol. The van der Waals surface area contributed by atoms with Gasteiger partial charge >= 0.3 is 5.97 Å². The molecular weight excluding hydrogens is 312 g/mol. The molecule has 8 bridgehead atoms. The third kappa shape index (κ3) is 2.37. The highest BCUT2D eigenvalue weighted by atomic mass is 16.4. The van der Waals surface area contributed by atoms with Crippen LogP contribution in [0.15, 0.2) is 18.2 Å². The number of carbonyl (C=O) groups is 1. The van der Waals surface area contributed by atoms with Crippen LogP contribution in [0.4, 0.5) is 11.4 Å². The van der Waals surface area contributed by atoms with E-state index in [1.165, 1.54) is 65.5 Å². The second-order valence-electron chi connectivity index (χ2n) is 9.32. The molecule has 7 fully saturated rings. The summed E-state index contributed by atoms with van der Waals surface area (Å²) in [6.45, 7) is 0. The Labute approximate surface area is 149 Å². The Morgan fingerprint density at radius 1 is 0.720 bits per heavy atom. The van der Waals surface area contributed by atoms with Crippen molar-refractivity contribution in [3.05, 3.63) is 23.8 Å². The highest BCUT2D eigenvalue weighted by Gasteiger charge is 2.63. The van der Waals surface area contributed by atoms with Gasteiger partial charge in [-0.05, 0) is 104 Å². The van der Waals surface area contributed by atoms with Crippen molar-refractivity contribution in [1.82, 2.24) is 0 Å². The Morgan fingerprint density at radius 2 is 1.04 bits per heavy atom. The molecule has 0 unspecified atom stereocenters. The first kappa shape index (κ1) is 15.5. The van der Waals surface area contributed by atoms with E-state index in [2.05, 4.69) is 0 Å². The van der Waals surface area contributed by atoms with Gasteiger partial charge in [0.15, 0.2) is 0 Å². The Balaban J connectivity index is 0.000000117. The van der Waals surface area contributed by atoms with E-state index >= 15 is 0 Å². The predicted molar refractivity (Wildman–Crippen MR) is 97.8 cm³/mol. The molecule has 0 aromatic heterocycles. The van der Waals surface area contributed by atoms with Gasteiger partial charge < -0.3 is 16.6 Å². The largest absolute Gasteiger partial charge is 0.478 e. The molecule has 25 heavy (non-hydrogen) atoms. The summed E-state index contributed by atoms with van der Waals surface area (Å²) in [7, 11) is 0. The number of aromatic carboxylic acids is 1. The summed E-state index contributed by atoms with van der Waals surface area (Å²) in [5.74, 6) is 8.72. The van der Waals surface area contributed by atoms with Crippen molar-refractivity contribution in [2.24, 2.45) is 47.3 Å². The summed E-state index contributed by atoms with van der Waals surface area (Å²) in [6.07, 6.45) is 9.93. The van der Waals surface area contributed by atoms with Gasteiger partial charge in [-0.1, -0.05) is 0 Å². The quantitative estimate of drug-likeness (QED) is 0.677. The van der Waals surface area contributed by atoms with Crippen LogP contribution in [0.3, 0.4) is 0 Å². The van der Waals surface area contributed by atoms with Crippen LogP contribution in [0.1, 0.15) is 48.9 Å². The number of benzene rings is 1. The normalized spacial score (nSPS) is 44.5. The van der Waals surface area contributed by atoms with Gasteiger partial charge in [0.25, 0.3) is 0 Å². The first-order chi connectivity index (χ1) is 12.0. The Kier molecular flexibility index (Phi) is 3.35. The van der Waals surface area contributed by atoms with Crippen molar-refractivity contribution in [2.75, 3.05) is 11.5 Å². The SMILES string of the molecule is C1C2CC3C4CC5CC(C14)C(C2)C3C5.Nc1cc(N)cc(C(=O)O)c1. The third-order valence-electron chi connectivity index (χ3n) is 8.16. The van der Waals surface area contributed by atoms with E-state index < -0.39 is 5.97 Å². The number of nitrogens with two attached hydrogens (primary N) is 2. The van der Waals surface area contributed by atoms with E-state index in [-0.39, 0.29) is 5.56 Å². The summed E-state index contributed by atoms with van der Waals surface area (Å²) >= 11 is 0. The molecule has 5 N–H and O–H groups in total. The van der Waals surface area contributed by atoms with Gasteiger partial charge in [0.05, 0.1) is 5.56 Å². The Hall–Kier alpha value is -1.71. The van der Waals surface area contributed by atoms with Crippen LogP contribution in [-0.4, -0.2) is 11.1 Å². The molecule has 1 aromatic carbocycles. The third-order valence-corrected chi connectivity index (χ3v) is 8.16. The highest BCUT2D eigenvalue weighted by molar-refractivity contribution is 5.90. The molecule has 0 atom stereocenters. The number of carboxylic acids is 1. The molecule has 0 amide bonds. The van der Waals surface area contributed by atoms with E-state index in [0.717, 1.165) is 0 Å². The molecule has 4 heteroatoms. The fourth-order valence-electron chi connectivity index (χ4n) is 7.69. The summed E-state index contributed by atoms with van der Waals surface area (Å²) in [6, 6.07) is 4.23. The van der Waals surface area contributed by atoms with Crippen molar-refractivity contribution in [3.8, 4) is 0 Å². The lowest BCUT2D eigenvalue weighted by Gasteiger charge is -2.69. The van der Waals surface area contributed by atoms with Crippen molar-refractivity contribution in [3.63, 3.8) is 0 Å². The molecule has 0 saturated heterocycles. The standard InChI is InChI=1S/C14H20.C7H8N2O2/c1-7-2-12-10-4-8-5-11(9(1)10)13(3-7)14(12)6-8;8-5-1-4(7(10)11)2-6(9)3-5/h7-14H,1-6H2;1-3H,8-9H2,(H,10,11). The zero-order chi connectivity index (χ0) is 17.3. The van der Waals surface area contributed by atoms with Crippen LogP contribution in [-0.2, 0) is 0 Å². The molecule has 0 aliphatic heterocycles. The lowest BCUT2D eigenvalue weighted by molar-refractivity contribution is -0.202. The Bertz CT molecular complexity index is 608. The fraction of sp³-hybridized carbons (Fsp3) is 0.667. The van der Waals surface area contributed by atoms with Crippen LogP contribution >= 0.6 is 0 Å². The number of hydrogen-bond donors (Lipinski definition) is 3. The zero-order valence-corrected chi connectivity index (χ0v) is 14.6. The van der Waals surface area contributed by atoms with E-state index in [9.17, 15) is 4.79 Å². The molecule has 4 nitrogen and oxygen atoms in total. The number of carboxylic acid groups (broad SMARTS) is 1. The highest BCUT2D eigenvalue weighted by Crippen LogP contribution is 2.71. The van der Waals surface area contributed by atoms with Crippen LogP contribution in [0, 0.1) is 47.3 Å². The Morgan fingerprint density at radius 3 is 1.32 bits per heavy atom. The van der Waals surface area contributed by atoms with Crippen molar-refractivity contribution in [1.29, 1.82) is 0 Å². The second-order valence-corrected chi connectivity index (χ2v) is 9.32. The van der Waals surface area contributed by atoms with Crippen LogP contribution < -0.4 is 11.5 Å². The second kappa shape index (κ2) is 5.39. The zero-order valence-electron chi connectivity index (χ0n) is 14.6. The molecule has 0 spiro atoms. The molecule has 0 heterocycles. The smallest absolute Gasteiger partial charge is 0.335 e. The molecule has 7 saturated carbocycles. The molecule has 0 radical (unpaired) electrons. The fourth-order valence-corrected chi connectivity index (χ4v) is 7.69. The number of rotatable bonds is 1. The molecule has 7 aliphatic rings. The van der Waals surface area contributed by atoms with Crippen LogP contribution in [0.5, 0.6) is 0 Å². The van der Waals surface area contributed by atoms with Crippen LogP contribution in [0.2, 0.25) is 0 Å². The topological polar surface area (TPSA) is 89.3 Å². The summed E-state index contributed by atoms with van der Waals surface area (Å²) < 4.78 is 0. The molecular formula is C21H28N2O2. The van der Waals surface area contributed by atoms with Crippen LogP contribution in [0.25, 0.3) is 0 Å². The van der Waals surface area contributed by atoms with Gasteiger partial charge in [0.1, 0.15) is 0 Å². The lowest BCUT2D eigenvalue weighted by atomic mass is 9.36. The minimum absolute atomic E-state index is 0.113. The number of nitrogen functional groups attached to an aromatic ring is 2. The van der Waals surface area contributed by atoms with Gasteiger partial charge in [0.2, 0.25) is 0 Å². The van der Waals surface area contributed by atoms with Crippen molar-refractivity contribution < 1.29 is 9.90 Å². The first-order valence-electron chi connectivity index (χ1n) is 9.89. The molecule has 1 aromatic rings. The van der Waals surface area contributed by atoms with Crippen molar-refractivity contribution in [2.45, 2.75) is 38.5 Å². The summed E-state index contributed by atoms with van der Waals surface area (Å²) in [4.78, 5) is 10.4. The van der Waals surface area contributed by atoms with Gasteiger partial charge in [-0.25, -0.2) is 4.79 Å².